The lowest BCUT2D eigenvalue weighted by molar-refractivity contribution is 0.151. The fourth-order valence-corrected chi connectivity index (χ4v) is 4.62. The van der Waals surface area contributed by atoms with Crippen molar-refractivity contribution < 1.29 is 13.5 Å². The molecule has 0 heterocycles. The predicted octanol–water partition coefficient (Wildman–Crippen LogP) is 8.62. The number of hydrogen-bond acceptors (Lipinski definition) is 2. The van der Waals surface area contributed by atoms with Gasteiger partial charge in [0, 0.05) is 11.1 Å². The largest absolute Gasteiger partial charge is 0.445 e. The maximum Gasteiger partial charge on any atom is 0.263 e. The van der Waals surface area contributed by atoms with Gasteiger partial charge in [0.05, 0.1) is 0 Å². The smallest absolute Gasteiger partial charge is 0.263 e. The molecule has 0 bridgehead atoms. The Kier molecular flexibility index (Phi) is 8.80. The monoisotopic (exact) mass is 430 g/mol. The fourth-order valence-electron chi connectivity index (χ4n) is 4.38. The van der Waals surface area contributed by atoms with Crippen molar-refractivity contribution in [1.82, 2.24) is 0 Å². The van der Waals surface area contributed by atoms with Crippen molar-refractivity contribution in [3.63, 3.8) is 0 Å². The molecule has 162 valence electrons. The van der Waals surface area contributed by atoms with Crippen molar-refractivity contribution in [2.75, 3.05) is 0 Å². The third-order valence-corrected chi connectivity index (χ3v) is 6.59. The molecule has 30 heavy (non-hydrogen) atoms. The van der Waals surface area contributed by atoms with E-state index in [9.17, 15) is 8.78 Å². The average Bonchev–Trinajstić information content (AvgIpc) is 2.78. The summed E-state index contributed by atoms with van der Waals surface area (Å²) in [6, 6.07) is 14.2. The van der Waals surface area contributed by atoms with E-state index >= 15 is 0 Å². The highest BCUT2D eigenvalue weighted by atomic mass is 32.1. The Balaban J connectivity index is 1.47. The Hall–Kier alpha value is -1.81. The van der Waals surface area contributed by atoms with Crippen LogP contribution >= 0.6 is 12.2 Å². The summed E-state index contributed by atoms with van der Waals surface area (Å²) in [7, 11) is 0. The van der Waals surface area contributed by atoms with E-state index in [1.165, 1.54) is 75.5 Å². The second-order valence-corrected chi connectivity index (χ2v) is 8.82. The van der Waals surface area contributed by atoms with Crippen molar-refractivity contribution in [2.45, 2.75) is 77.1 Å². The van der Waals surface area contributed by atoms with Crippen LogP contribution in [-0.4, -0.2) is 5.05 Å². The van der Waals surface area contributed by atoms with E-state index in [0.29, 0.717) is 22.3 Å². The van der Waals surface area contributed by atoms with Gasteiger partial charge in [0.2, 0.25) is 0 Å². The maximum absolute atomic E-state index is 12.7. The Bertz CT molecular complexity index is 778. The SMILES string of the molecule is CCCCCCC1CCC(c2ccc(OC(=S)c3ccc(C(F)F)cc3)cc2)CC1. The van der Waals surface area contributed by atoms with Crippen molar-refractivity contribution >= 4 is 17.3 Å². The molecule has 0 aromatic heterocycles. The quantitative estimate of drug-likeness (QED) is 0.291. The Labute approximate surface area is 184 Å². The lowest BCUT2D eigenvalue weighted by Gasteiger charge is -2.29. The number of hydrogen-bond donors (Lipinski definition) is 0. The number of unbranched alkanes of at least 4 members (excludes halogenated alkanes) is 3. The highest BCUT2D eigenvalue weighted by molar-refractivity contribution is 7.80. The van der Waals surface area contributed by atoms with Crippen LogP contribution in [-0.2, 0) is 0 Å². The Morgan fingerprint density at radius 2 is 1.60 bits per heavy atom. The van der Waals surface area contributed by atoms with Crippen LogP contribution in [0.15, 0.2) is 48.5 Å². The van der Waals surface area contributed by atoms with Crippen molar-refractivity contribution in [3.8, 4) is 5.75 Å². The van der Waals surface area contributed by atoms with Gasteiger partial charge in [0.1, 0.15) is 5.75 Å². The van der Waals surface area contributed by atoms with Crippen LogP contribution in [0.3, 0.4) is 0 Å². The first-order valence-electron chi connectivity index (χ1n) is 11.3. The van der Waals surface area contributed by atoms with Crippen LogP contribution in [0.25, 0.3) is 0 Å². The summed E-state index contributed by atoms with van der Waals surface area (Å²) in [5, 5.41) is 0.298. The van der Waals surface area contributed by atoms with E-state index in [2.05, 4.69) is 19.1 Å². The highest BCUT2D eigenvalue weighted by Gasteiger charge is 2.22. The van der Waals surface area contributed by atoms with Crippen LogP contribution in [0.5, 0.6) is 5.75 Å². The van der Waals surface area contributed by atoms with Crippen molar-refractivity contribution in [3.05, 3.63) is 65.2 Å². The molecule has 0 aliphatic heterocycles. The summed E-state index contributed by atoms with van der Waals surface area (Å²) >= 11 is 5.32. The lowest BCUT2D eigenvalue weighted by Crippen LogP contribution is -2.13. The van der Waals surface area contributed by atoms with E-state index in [1.807, 2.05) is 12.1 Å². The first kappa shape index (κ1) is 22.9. The minimum Gasteiger partial charge on any atom is -0.445 e. The molecule has 0 unspecified atom stereocenters. The first-order chi connectivity index (χ1) is 14.6. The molecule has 2 aromatic rings. The van der Waals surface area contributed by atoms with Gasteiger partial charge in [0.15, 0.2) is 5.05 Å². The van der Waals surface area contributed by atoms with Gasteiger partial charge < -0.3 is 4.74 Å². The summed E-state index contributed by atoms with van der Waals surface area (Å²) < 4.78 is 31.1. The van der Waals surface area contributed by atoms with Crippen LogP contribution in [0.4, 0.5) is 8.78 Å². The zero-order chi connectivity index (χ0) is 21.3. The first-order valence-corrected chi connectivity index (χ1v) is 11.7. The molecule has 4 heteroatoms. The summed E-state index contributed by atoms with van der Waals surface area (Å²) in [6.07, 6.45) is 9.60. The van der Waals surface area contributed by atoms with Crippen LogP contribution < -0.4 is 4.74 Å². The Morgan fingerprint density at radius 1 is 0.933 bits per heavy atom. The molecule has 0 amide bonds. The van der Waals surface area contributed by atoms with E-state index in [-0.39, 0.29) is 5.56 Å². The molecule has 2 aromatic carbocycles. The molecular weight excluding hydrogens is 398 g/mol. The van der Waals surface area contributed by atoms with Gasteiger partial charge in [-0.3, -0.25) is 0 Å². The van der Waals surface area contributed by atoms with Crippen molar-refractivity contribution in [1.29, 1.82) is 0 Å². The van der Waals surface area contributed by atoms with Crippen LogP contribution in [0, 0.1) is 5.92 Å². The molecule has 1 nitrogen and oxygen atoms in total. The molecule has 1 saturated carbocycles. The van der Waals surface area contributed by atoms with Gasteiger partial charge >= 0.3 is 0 Å². The van der Waals surface area contributed by atoms with E-state index in [4.69, 9.17) is 17.0 Å². The van der Waals surface area contributed by atoms with E-state index in [0.717, 1.165) is 5.92 Å². The second-order valence-electron chi connectivity index (χ2n) is 8.45. The van der Waals surface area contributed by atoms with E-state index in [1.54, 1.807) is 12.1 Å². The molecule has 0 radical (unpaired) electrons. The molecule has 3 rings (SSSR count). The predicted molar refractivity (Wildman–Crippen MR) is 124 cm³/mol. The highest BCUT2D eigenvalue weighted by Crippen LogP contribution is 2.38. The number of ether oxygens (including phenoxy) is 1. The number of rotatable bonds is 9. The lowest BCUT2D eigenvalue weighted by atomic mass is 9.77. The number of halogens is 2. The molecule has 0 saturated heterocycles. The molecule has 1 aliphatic rings. The summed E-state index contributed by atoms with van der Waals surface area (Å²) in [6.45, 7) is 2.27. The molecule has 0 spiro atoms. The molecule has 0 N–H and O–H groups in total. The van der Waals surface area contributed by atoms with Gasteiger partial charge in [-0.1, -0.05) is 63.3 Å². The fraction of sp³-hybridized carbons (Fsp3) is 0.500. The van der Waals surface area contributed by atoms with Crippen LogP contribution in [0.2, 0.25) is 0 Å². The zero-order valence-corrected chi connectivity index (χ0v) is 18.6. The number of thiocarbonyl (C=S) groups is 1. The third-order valence-electron chi connectivity index (χ3n) is 6.27. The molecular formula is C26H32F2OS. The molecule has 0 atom stereocenters. The van der Waals surface area contributed by atoms with Gasteiger partial charge in [-0.05, 0) is 79.6 Å². The van der Waals surface area contributed by atoms with Gasteiger partial charge in [0.25, 0.3) is 6.43 Å². The topological polar surface area (TPSA) is 9.23 Å². The minimum atomic E-state index is -2.47. The summed E-state index contributed by atoms with van der Waals surface area (Å²) in [4.78, 5) is 0. The van der Waals surface area contributed by atoms with Gasteiger partial charge in [-0.25, -0.2) is 8.78 Å². The number of benzene rings is 2. The summed E-state index contributed by atoms with van der Waals surface area (Å²) in [5.41, 5.74) is 2.00. The molecule has 1 aliphatic carbocycles. The zero-order valence-electron chi connectivity index (χ0n) is 17.8. The maximum atomic E-state index is 12.7. The van der Waals surface area contributed by atoms with Gasteiger partial charge in [-0.15, -0.1) is 0 Å². The minimum absolute atomic E-state index is 0.0124. The van der Waals surface area contributed by atoms with Crippen molar-refractivity contribution in [2.24, 2.45) is 5.92 Å². The number of alkyl halides is 2. The average molecular weight is 431 g/mol. The standard InChI is InChI=1S/C26H32F2OS/c1-2-3-4-5-6-19-7-9-20(10-8-19)21-15-17-24(18-16-21)29-26(30)23-13-11-22(12-14-23)25(27)28/h11-20,25H,2-10H2,1H3. The molecule has 1 fully saturated rings. The van der Waals surface area contributed by atoms with Crippen LogP contribution in [0.1, 0.15) is 93.7 Å². The van der Waals surface area contributed by atoms with E-state index < -0.39 is 6.43 Å². The summed E-state index contributed by atoms with van der Waals surface area (Å²) in [5.74, 6) is 2.24. The Morgan fingerprint density at radius 3 is 2.20 bits per heavy atom. The second kappa shape index (κ2) is 11.5. The normalized spacial score (nSPS) is 19.1. The third kappa shape index (κ3) is 6.60. The van der Waals surface area contributed by atoms with Gasteiger partial charge in [-0.2, -0.15) is 0 Å².